The van der Waals surface area contributed by atoms with Crippen LogP contribution in [0.2, 0.25) is 10.0 Å². The number of pyridine rings is 1. The molecule has 2 nitrogen and oxygen atoms in total. The average molecular weight is 300 g/mol. The van der Waals surface area contributed by atoms with E-state index in [1.165, 1.54) is 11.8 Å². The number of nitrogens with zero attached hydrogens (tertiary/aromatic N) is 1. The summed E-state index contributed by atoms with van der Waals surface area (Å²) in [6.45, 7) is 0. The topological polar surface area (TPSA) is 33.1 Å². The molecule has 2 aromatic rings. The van der Waals surface area contributed by atoms with Crippen molar-refractivity contribution < 1.29 is 5.11 Å². The third-order valence-electron chi connectivity index (χ3n) is 2.35. The molecule has 1 atom stereocenters. The van der Waals surface area contributed by atoms with Crippen molar-refractivity contribution in [2.45, 2.75) is 11.1 Å². The Kier molecular flexibility index (Phi) is 4.89. The summed E-state index contributed by atoms with van der Waals surface area (Å²) in [4.78, 5) is 4.18. The Bertz CT molecular complexity index is 522. The molecule has 0 aliphatic heterocycles. The summed E-state index contributed by atoms with van der Waals surface area (Å²) in [5.74, 6) is 0.498. The summed E-state index contributed by atoms with van der Waals surface area (Å²) in [5, 5.41) is 12.0. The van der Waals surface area contributed by atoms with Crippen molar-refractivity contribution in [2.75, 3.05) is 5.75 Å². The fourth-order valence-electron chi connectivity index (χ4n) is 1.46. The monoisotopic (exact) mass is 299 g/mol. The highest BCUT2D eigenvalue weighted by Crippen LogP contribution is 2.29. The molecular weight excluding hydrogens is 289 g/mol. The molecule has 18 heavy (non-hydrogen) atoms. The smallest absolute Gasteiger partial charge is 0.0960 e. The van der Waals surface area contributed by atoms with Gasteiger partial charge in [0.05, 0.1) is 11.1 Å². The van der Waals surface area contributed by atoms with Gasteiger partial charge in [0.15, 0.2) is 0 Å². The average Bonchev–Trinajstić information content (AvgIpc) is 2.37. The van der Waals surface area contributed by atoms with E-state index in [4.69, 9.17) is 23.2 Å². The maximum Gasteiger partial charge on any atom is 0.0960 e. The molecule has 0 radical (unpaired) electrons. The molecule has 0 amide bonds. The number of aliphatic hydroxyl groups is 1. The van der Waals surface area contributed by atoms with Gasteiger partial charge in [-0.15, -0.1) is 11.8 Å². The predicted octanol–water partition coefficient (Wildman–Crippen LogP) is 4.21. The van der Waals surface area contributed by atoms with Gasteiger partial charge < -0.3 is 5.11 Å². The molecule has 0 fully saturated rings. The SMILES string of the molecule is OC(CSc1ccccn1)c1ccc(Cl)cc1Cl. The number of hydrogen-bond acceptors (Lipinski definition) is 3. The van der Waals surface area contributed by atoms with E-state index in [0.717, 1.165) is 5.03 Å². The molecule has 1 aromatic carbocycles. The van der Waals surface area contributed by atoms with Gasteiger partial charge in [-0.1, -0.05) is 35.3 Å². The second-order valence-electron chi connectivity index (χ2n) is 3.66. The summed E-state index contributed by atoms with van der Waals surface area (Å²) >= 11 is 13.3. The Morgan fingerprint density at radius 1 is 1.22 bits per heavy atom. The van der Waals surface area contributed by atoms with Crippen LogP contribution in [0.25, 0.3) is 0 Å². The van der Waals surface area contributed by atoms with E-state index in [1.54, 1.807) is 24.4 Å². The molecule has 2 rings (SSSR count). The highest BCUT2D eigenvalue weighted by Gasteiger charge is 2.12. The van der Waals surface area contributed by atoms with Crippen molar-refractivity contribution in [3.8, 4) is 0 Å². The van der Waals surface area contributed by atoms with E-state index in [9.17, 15) is 5.11 Å². The highest BCUT2D eigenvalue weighted by molar-refractivity contribution is 7.99. The van der Waals surface area contributed by atoms with Crippen LogP contribution in [0.1, 0.15) is 11.7 Å². The normalized spacial score (nSPS) is 12.4. The summed E-state index contributed by atoms with van der Waals surface area (Å²) in [6, 6.07) is 10.8. The zero-order valence-corrected chi connectivity index (χ0v) is 11.7. The Morgan fingerprint density at radius 2 is 2.06 bits per heavy atom. The minimum absolute atomic E-state index is 0.483. The lowest BCUT2D eigenvalue weighted by Crippen LogP contribution is -2.01. The van der Waals surface area contributed by atoms with E-state index < -0.39 is 6.10 Å². The number of aromatic nitrogens is 1. The van der Waals surface area contributed by atoms with Gasteiger partial charge >= 0.3 is 0 Å². The lowest BCUT2D eigenvalue weighted by Gasteiger charge is -2.12. The zero-order valence-electron chi connectivity index (χ0n) is 9.38. The molecule has 1 heterocycles. The van der Waals surface area contributed by atoms with Crippen molar-refractivity contribution in [3.63, 3.8) is 0 Å². The van der Waals surface area contributed by atoms with E-state index in [0.29, 0.717) is 21.4 Å². The van der Waals surface area contributed by atoms with Crippen LogP contribution in [0.3, 0.4) is 0 Å². The largest absolute Gasteiger partial charge is 0.387 e. The molecule has 5 heteroatoms. The van der Waals surface area contributed by atoms with Crippen molar-refractivity contribution >= 4 is 35.0 Å². The van der Waals surface area contributed by atoms with Crippen LogP contribution in [-0.4, -0.2) is 15.8 Å². The lowest BCUT2D eigenvalue weighted by molar-refractivity contribution is 0.204. The summed E-state index contributed by atoms with van der Waals surface area (Å²) in [5.41, 5.74) is 0.685. The van der Waals surface area contributed by atoms with Gasteiger partial charge in [0.2, 0.25) is 0 Å². The maximum atomic E-state index is 10.1. The van der Waals surface area contributed by atoms with E-state index >= 15 is 0 Å². The van der Waals surface area contributed by atoms with E-state index in [-0.39, 0.29) is 0 Å². The minimum atomic E-state index is -0.637. The first-order chi connectivity index (χ1) is 8.66. The van der Waals surface area contributed by atoms with Gasteiger partial charge in [0, 0.05) is 27.6 Å². The number of hydrogen-bond donors (Lipinski definition) is 1. The first-order valence-electron chi connectivity index (χ1n) is 5.33. The van der Waals surface area contributed by atoms with Crippen LogP contribution < -0.4 is 0 Å². The number of benzene rings is 1. The van der Waals surface area contributed by atoms with Crippen molar-refractivity contribution in [3.05, 3.63) is 58.2 Å². The van der Waals surface area contributed by atoms with Crippen LogP contribution in [-0.2, 0) is 0 Å². The predicted molar refractivity (Wildman–Crippen MR) is 76.4 cm³/mol. The summed E-state index contributed by atoms with van der Waals surface area (Å²) in [6.07, 6.45) is 1.09. The molecule has 1 N–H and O–H groups in total. The third-order valence-corrected chi connectivity index (χ3v) is 3.93. The van der Waals surface area contributed by atoms with Gasteiger partial charge in [0.25, 0.3) is 0 Å². The summed E-state index contributed by atoms with van der Waals surface area (Å²) < 4.78 is 0. The van der Waals surface area contributed by atoms with Gasteiger partial charge in [0.1, 0.15) is 0 Å². The molecule has 0 aliphatic carbocycles. The fourth-order valence-corrected chi connectivity index (χ4v) is 2.81. The van der Waals surface area contributed by atoms with Crippen LogP contribution in [0.5, 0.6) is 0 Å². The van der Waals surface area contributed by atoms with E-state index in [2.05, 4.69) is 4.98 Å². The van der Waals surface area contributed by atoms with Crippen LogP contribution >= 0.6 is 35.0 Å². The van der Waals surface area contributed by atoms with E-state index in [1.807, 2.05) is 18.2 Å². The number of aliphatic hydroxyl groups excluding tert-OH is 1. The Labute approximate surface area is 120 Å². The third kappa shape index (κ3) is 3.62. The van der Waals surface area contributed by atoms with Crippen molar-refractivity contribution in [1.29, 1.82) is 0 Å². The fraction of sp³-hybridized carbons (Fsp3) is 0.154. The minimum Gasteiger partial charge on any atom is -0.387 e. The lowest BCUT2D eigenvalue weighted by atomic mass is 10.1. The summed E-state index contributed by atoms with van der Waals surface area (Å²) in [7, 11) is 0. The number of halogens is 2. The van der Waals surface area contributed by atoms with Gasteiger partial charge in [-0.25, -0.2) is 4.98 Å². The molecular formula is C13H11Cl2NOS. The Morgan fingerprint density at radius 3 is 2.72 bits per heavy atom. The standard InChI is InChI=1S/C13H11Cl2NOS/c14-9-4-5-10(11(15)7-9)12(17)8-18-13-3-1-2-6-16-13/h1-7,12,17H,8H2. The maximum absolute atomic E-state index is 10.1. The van der Waals surface area contributed by atoms with Gasteiger partial charge in [-0.05, 0) is 24.3 Å². The molecule has 0 aliphatic rings. The molecule has 94 valence electrons. The molecule has 1 aromatic heterocycles. The Hall–Kier alpha value is -0.740. The molecule has 0 saturated heterocycles. The molecule has 0 bridgehead atoms. The second kappa shape index (κ2) is 6.43. The first kappa shape index (κ1) is 13.7. The molecule has 1 unspecified atom stereocenters. The quantitative estimate of drug-likeness (QED) is 0.858. The number of thioether (sulfide) groups is 1. The van der Waals surface area contributed by atoms with Gasteiger partial charge in [-0.3, -0.25) is 0 Å². The Balaban J connectivity index is 2.01. The van der Waals surface area contributed by atoms with Crippen LogP contribution in [0.15, 0.2) is 47.6 Å². The zero-order chi connectivity index (χ0) is 13.0. The van der Waals surface area contributed by atoms with Gasteiger partial charge in [-0.2, -0.15) is 0 Å². The second-order valence-corrected chi connectivity index (χ2v) is 5.54. The van der Waals surface area contributed by atoms with Crippen molar-refractivity contribution in [2.24, 2.45) is 0 Å². The van der Waals surface area contributed by atoms with Crippen LogP contribution in [0, 0.1) is 0 Å². The van der Waals surface area contributed by atoms with Crippen LogP contribution in [0.4, 0.5) is 0 Å². The first-order valence-corrected chi connectivity index (χ1v) is 7.08. The molecule has 0 spiro atoms. The number of rotatable bonds is 4. The van der Waals surface area contributed by atoms with Crippen molar-refractivity contribution in [1.82, 2.24) is 4.98 Å². The molecule has 0 saturated carbocycles. The highest BCUT2D eigenvalue weighted by atomic mass is 35.5.